The summed E-state index contributed by atoms with van der Waals surface area (Å²) in [5.41, 5.74) is 1.71. The molecule has 0 bridgehead atoms. The summed E-state index contributed by atoms with van der Waals surface area (Å²) >= 11 is 1.28. The van der Waals surface area contributed by atoms with Crippen LogP contribution in [0.4, 0.5) is 0 Å². The minimum absolute atomic E-state index is 0.0175. The van der Waals surface area contributed by atoms with E-state index in [2.05, 4.69) is 22.4 Å². The number of nitrogens with zero attached hydrogens (tertiary/aromatic N) is 1. The molecule has 0 radical (unpaired) electrons. The van der Waals surface area contributed by atoms with Gasteiger partial charge in [-0.1, -0.05) is 48.5 Å². The van der Waals surface area contributed by atoms with Crippen LogP contribution in [-0.2, 0) is 16.3 Å². The number of carbonyl (C=O) groups is 1. The van der Waals surface area contributed by atoms with E-state index in [9.17, 15) is 13.2 Å². The fraction of sp³-hybridized carbons (Fsp3) is 0.217. The van der Waals surface area contributed by atoms with Crippen molar-refractivity contribution in [2.24, 2.45) is 0 Å². The first-order chi connectivity index (χ1) is 14.6. The van der Waals surface area contributed by atoms with E-state index in [-0.39, 0.29) is 11.7 Å². The summed E-state index contributed by atoms with van der Waals surface area (Å²) in [5, 5.41) is 3.47. The van der Waals surface area contributed by atoms with Crippen molar-refractivity contribution < 1.29 is 13.2 Å². The highest BCUT2D eigenvalue weighted by Crippen LogP contribution is 2.21. The number of nitrogens with one attached hydrogen (secondary N) is 1. The summed E-state index contributed by atoms with van der Waals surface area (Å²) in [6, 6.07) is 21.9. The standard InChI is InChI=1S/C23H24N2O3S2/c26-22(24-15-7-11-19-9-3-1-4-10-19)21-14-8-16-25-23(21)29-17-18-30(27,28)20-12-5-2-6-13-20/h1-6,8-10,12-14,16H,7,11,15,17-18H2,(H,24,26). The zero-order valence-corrected chi connectivity index (χ0v) is 18.2. The highest BCUT2D eigenvalue weighted by molar-refractivity contribution is 8.00. The van der Waals surface area contributed by atoms with E-state index < -0.39 is 9.84 Å². The minimum atomic E-state index is -3.36. The van der Waals surface area contributed by atoms with Crippen molar-refractivity contribution in [2.75, 3.05) is 18.1 Å². The summed E-state index contributed by atoms with van der Waals surface area (Å²) < 4.78 is 24.8. The van der Waals surface area contributed by atoms with E-state index in [1.54, 1.807) is 48.7 Å². The van der Waals surface area contributed by atoms with Crippen LogP contribution in [-0.4, -0.2) is 37.4 Å². The van der Waals surface area contributed by atoms with Crippen molar-refractivity contribution in [3.63, 3.8) is 0 Å². The van der Waals surface area contributed by atoms with Crippen LogP contribution in [0, 0.1) is 0 Å². The van der Waals surface area contributed by atoms with Gasteiger partial charge >= 0.3 is 0 Å². The molecule has 1 aromatic heterocycles. The van der Waals surface area contributed by atoms with Gasteiger partial charge in [0.05, 0.1) is 16.2 Å². The quantitative estimate of drug-likeness (QED) is 0.381. The lowest BCUT2D eigenvalue weighted by molar-refractivity contribution is 0.0949. The molecule has 0 aliphatic rings. The normalized spacial score (nSPS) is 11.2. The molecule has 5 nitrogen and oxygen atoms in total. The molecule has 0 atom stereocenters. The molecule has 156 valence electrons. The zero-order chi connectivity index (χ0) is 21.2. The van der Waals surface area contributed by atoms with Gasteiger partial charge in [-0.15, -0.1) is 11.8 Å². The Bertz CT molecular complexity index is 1060. The lowest BCUT2D eigenvalue weighted by Crippen LogP contribution is -2.25. The maximum Gasteiger partial charge on any atom is 0.254 e. The molecule has 7 heteroatoms. The van der Waals surface area contributed by atoms with Crippen LogP contribution in [0.3, 0.4) is 0 Å². The lowest BCUT2D eigenvalue weighted by atomic mass is 10.1. The van der Waals surface area contributed by atoms with Crippen LogP contribution in [0.2, 0.25) is 0 Å². The number of aryl methyl sites for hydroxylation is 1. The Morgan fingerprint density at radius 1 is 0.933 bits per heavy atom. The number of thioether (sulfide) groups is 1. The molecule has 0 aliphatic heterocycles. The highest BCUT2D eigenvalue weighted by atomic mass is 32.2. The maximum absolute atomic E-state index is 12.6. The molecule has 0 aliphatic carbocycles. The van der Waals surface area contributed by atoms with Crippen molar-refractivity contribution in [3.05, 3.63) is 90.1 Å². The Morgan fingerprint density at radius 2 is 1.63 bits per heavy atom. The van der Waals surface area contributed by atoms with Crippen LogP contribution in [0.25, 0.3) is 0 Å². The number of hydrogen-bond acceptors (Lipinski definition) is 5. The van der Waals surface area contributed by atoms with Gasteiger partial charge in [0, 0.05) is 18.5 Å². The number of hydrogen-bond donors (Lipinski definition) is 1. The molecule has 30 heavy (non-hydrogen) atoms. The van der Waals surface area contributed by atoms with E-state index in [1.807, 2.05) is 18.2 Å². The van der Waals surface area contributed by atoms with E-state index in [0.29, 0.717) is 27.8 Å². The van der Waals surface area contributed by atoms with E-state index in [1.165, 1.54) is 17.3 Å². The number of pyridine rings is 1. The zero-order valence-electron chi connectivity index (χ0n) is 16.5. The van der Waals surface area contributed by atoms with Crippen molar-refractivity contribution in [1.82, 2.24) is 10.3 Å². The predicted molar refractivity (Wildman–Crippen MR) is 121 cm³/mol. The van der Waals surface area contributed by atoms with Crippen molar-refractivity contribution in [2.45, 2.75) is 22.8 Å². The first-order valence-electron chi connectivity index (χ1n) is 9.74. The molecule has 0 saturated carbocycles. The molecule has 0 saturated heterocycles. The first kappa shape index (κ1) is 22.1. The van der Waals surface area contributed by atoms with Gasteiger partial charge in [0.1, 0.15) is 5.03 Å². The Labute approximate surface area is 181 Å². The molecule has 3 aromatic rings. The third kappa shape index (κ3) is 6.43. The molecule has 1 heterocycles. The fourth-order valence-electron chi connectivity index (χ4n) is 2.91. The summed E-state index contributed by atoms with van der Waals surface area (Å²) in [6.07, 6.45) is 3.35. The van der Waals surface area contributed by atoms with Gasteiger partial charge in [-0.2, -0.15) is 0 Å². The number of aromatic nitrogens is 1. The second kappa shape index (κ2) is 10.9. The van der Waals surface area contributed by atoms with Gasteiger partial charge in [0.25, 0.3) is 5.91 Å². The molecule has 1 amide bonds. The third-order valence-electron chi connectivity index (χ3n) is 4.48. The van der Waals surface area contributed by atoms with Gasteiger partial charge in [0.2, 0.25) is 0 Å². The lowest BCUT2D eigenvalue weighted by Gasteiger charge is -2.09. The number of amides is 1. The number of sulfone groups is 1. The molecule has 0 fully saturated rings. The summed E-state index contributed by atoms with van der Waals surface area (Å²) in [4.78, 5) is 17.2. The van der Waals surface area contributed by atoms with Gasteiger partial charge < -0.3 is 5.32 Å². The van der Waals surface area contributed by atoms with Crippen LogP contribution in [0.1, 0.15) is 22.3 Å². The number of carbonyl (C=O) groups excluding carboxylic acids is 1. The van der Waals surface area contributed by atoms with E-state index in [0.717, 1.165) is 12.8 Å². The van der Waals surface area contributed by atoms with Crippen molar-refractivity contribution in [1.29, 1.82) is 0 Å². The Balaban J connectivity index is 1.51. The molecular weight excluding hydrogens is 416 g/mol. The number of rotatable bonds is 10. The Kier molecular flexibility index (Phi) is 8.04. The minimum Gasteiger partial charge on any atom is -0.352 e. The monoisotopic (exact) mass is 440 g/mol. The third-order valence-corrected chi connectivity index (χ3v) is 7.48. The van der Waals surface area contributed by atoms with Crippen LogP contribution in [0.5, 0.6) is 0 Å². The van der Waals surface area contributed by atoms with Crippen molar-refractivity contribution in [3.8, 4) is 0 Å². The van der Waals surface area contributed by atoms with Gasteiger partial charge in [-0.05, 0) is 42.7 Å². The largest absolute Gasteiger partial charge is 0.352 e. The van der Waals surface area contributed by atoms with E-state index in [4.69, 9.17) is 0 Å². The predicted octanol–water partition coefficient (Wildman–Crippen LogP) is 4.01. The van der Waals surface area contributed by atoms with Crippen LogP contribution < -0.4 is 5.32 Å². The first-order valence-corrected chi connectivity index (χ1v) is 12.4. The molecule has 0 unspecified atom stereocenters. The summed E-state index contributed by atoms with van der Waals surface area (Å²) in [6.45, 7) is 0.565. The summed E-state index contributed by atoms with van der Waals surface area (Å²) in [7, 11) is -3.36. The Morgan fingerprint density at radius 3 is 2.37 bits per heavy atom. The van der Waals surface area contributed by atoms with Crippen LogP contribution in [0.15, 0.2) is 88.9 Å². The van der Waals surface area contributed by atoms with Crippen molar-refractivity contribution >= 4 is 27.5 Å². The maximum atomic E-state index is 12.6. The fourth-order valence-corrected chi connectivity index (χ4v) is 5.57. The van der Waals surface area contributed by atoms with Crippen LogP contribution >= 0.6 is 11.8 Å². The molecule has 2 aromatic carbocycles. The SMILES string of the molecule is O=C(NCCCc1ccccc1)c1cccnc1SCCS(=O)(=O)c1ccccc1. The molecule has 1 N–H and O–H groups in total. The molecule has 3 rings (SSSR count). The summed E-state index contributed by atoms with van der Waals surface area (Å²) in [5.74, 6) is 0.114. The highest BCUT2D eigenvalue weighted by Gasteiger charge is 2.16. The second-order valence-electron chi connectivity index (χ2n) is 6.68. The molecule has 0 spiro atoms. The number of benzene rings is 2. The van der Waals surface area contributed by atoms with E-state index >= 15 is 0 Å². The average molecular weight is 441 g/mol. The topological polar surface area (TPSA) is 76.1 Å². The van der Waals surface area contributed by atoms with Gasteiger partial charge in [-0.25, -0.2) is 13.4 Å². The Hall–Kier alpha value is -2.64. The van der Waals surface area contributed by atoms with Gasteiger partial charge in [0.15, 0.2) is 9.84 Å². The van der Waals surface area contributed by atoms with Gasteiger partial charge in [-0.3, -0.25) is 4.79 Å². The second-order valence-corrected chi connectivity index (χ2v) is 9.87. The average Bonchev–Trinajstić information content (AvgIpc) is 2.78. The smallest absolute Gasteiger partial charge is 0.254 e. The molecular formula is C23H24N2O3S2.